The van der Waals surface area contributed by atoms with Gasteiger partial charge in [-0.3, -0.25) is 14.5 Å². The van der Waals surface area contributed by atoms with Crippen molar-refractivity contribution in [3.63, 3.8) is 0 Å². The number of fused-ring (bicyclic) bond motifs is 1. The molecule has 0 unspecified atom stereocenters. The number of imide groups is 1. The number of nitrogen functional groups attached to an aromatic ring is 1. The van der Waals surface area contributed by atoms with Gasteiger partial charge in [-0.15, -0.1) is 0 Å². The molecule has 0 bridgehead atoms. The average Bonchev–Trinajstić information content (AvgIpc) is 2.93. The number of amides is 2. The third-order valence-electron chi connectivity index (χ3n) is 3.16. The summed E-state index contributed by atoms with van der Waals surface area (Å²) in [4.78, 5) is 29.6. The highest BCUT2D eigenvalue weighted by Gasteiger charge is 2.36. The van der Waals surface area contributed by atoms with Crippen molar-refractivity contribution < 1.29 is 14.1 Å². The highest BCUT2D eigenvalue weighted by molar-refractivity contribution is 6.23. The molecule has 2 heterocycles. The summed E-state index contributed by atoms with van der Waals surface area (Å²) in [6, 6.07) is 4.87. The molecule has 2 aromatic rings. The van der Waals surface area contributed by atoms with E-state index in [0.717, 1.165) is 4.90 Å². The number of hydrogen-bond donors (Lipinski definition) is 1. The molecule has 2 N–H and O–H groups in total. The molecule has 0 saturated carbocycles. The molecule has 3 rings (SSSR count). The monoisotopic (exact) mass is 272 g/mol. The van der Waals surface area contributed by atoms with E-state index in [4.69, 9.17) is 10.3 Å². The molecule has 0 saturated heterocycles. The lowest BCUT2D eigenvalue weighted by molar-refractivity contribution is 0.0655. The number of carbonyl (C=O) groups excluding carboxylic acids is 2. The molecular weight excluding hydrogens is 260 g/mol. The van der Waals surface area contributed by atoms with E-state index in [2.05, 4.69) is 10.1 Å². The smallest absolute Gasteiger partial charge is 0.263 e. The van der Waals surface area contributed by atoms with Crippen LogP contribution in [0.4, 0.5) is 5.69 Å². The Morgan fingerprint density at radius 1 is 1.30 bits per heavy atom. The maximum Gasteiger partial charge on any atom is 0.263 e. The maximum atomic E-state index is 12.2. The van der Waals surface area contributed by atoms with Crippen molar-refractivity contribution in [2.45, 2.75) is 13.3 Å². The van der Waals surface area contributed by atoms with Crippen LogP contribution >= 0.6 is 0 Å². The van der Waals surface area contributed by atoms with E-state index in [1.807, 2.05) is 0 Å². The summed E-state index contributed by atoms with van der Waals surface area (Å²) >= 11 is 0. The molecule has 7 nitrogen and oxygen atoms in total. The molecule has 20 heavy (non-hydrogen) atoms. The van der Waals surface area contributed by atoms with Crippen molar-refractivity contribution in [1.29, 1.82) is 0 Å². The van der Waals surface area contributed by atoms with Crippen LogP contribution in [0, 0.1) is 6.92 Å². The number of nitrogens with two attached hydrogens (primary N) is 1. The second kappa shape index (κ2) is 4.44. The number of hydrogen-bond acceptors (Lipinski definition) is 6. The molecule has 1 aromatic carbocycles. The van der Waals surface area contributed by atoms with Crippen LogP contribution in [0.3, 0.4) is 0 Å². The molecule has 0 atom stereocenters. The fourth-order valence-corrected chi connectivity index (χ4v) is 2.22. The van der Waals surface area contributed by atoms with Gasteiger partial charge < -0.3 is 10.3 Å². The van der Waals surface area contributed by atoms with Gasteiger partial charge in [0.05, 0.1) is 11.1 Å². The van der Waals surface area contributed by atoms with Gasteiger partial charge in [-0.25, -0.2) is 0 Å². The first-order chi connectivity index (χ1) is 9.58. The molecule has 102 valence electrons. The Kier molecular flexibility index (Phi) is 2.74. The first kappa shape index (κ1) is 12.3. The Hall–Kier alpha value is -2.70. The standard InChI is InChI=1S/C13H12N4O3/c1-7-15-10(16-20-7)5-6-17-12(18)8-3-2-4-9(14)11(8)13(17)19/h2-4H,5-6,14H2,1H3. The second-order valence-corrected chi connectivity index (χ2v) is 4.51. The summed E-state index contributed by atoms with van der Waals surface area (Å²) < 4.78 is 4.84. The molecular formula is C13H12N4O3. The molecule has 0 radical (unpaired) electrons. The van der Waals surface area contributed by atoms with Gasteiger partial charge in [-0.05, 0) is 12.1 Å². The Balaban J connectivity index is 1.81. The van der Waals surface area contributed by atoms with Gasteiger partial charge in [-0.1, -0.05) is 11.2 Å². The molecule has 1 aliphatic heterocycles. The van der Waals surface area contributed by atoms with Crippen LogP contribution in [0.15, 0.2) is 22.7 Å². The summed E-state index contributed by atoms with van der Waals surface area (Å²) in [7, 11) is 0. The summed E-state index contributed by atoms with van der Waals surface area (Å²) in [5.41, 5.74) is 6.70. The minimum Gasteiger partial charge on any atom is -0.398 e. The second-order valence-electron chi connectivity index (χ2n) is 4.51. The van der Waals surface area contributed by atoms with Crippen LogP contribution in [-0.2, 0) is 6.42 Å². The van der Waals surface area contributed by atoms with Gasteiger partial charge in [0.2, 0.25) is 5.89 Å². The zero-order chi connectivity index (χ0) is 14.3. The predicted octanol–water partition coefficient (Wildman–Crippen LogP) is 0.799. The number of rotatable bonds is 3. The molecule has 0 spiro atoms. The van der Waals surface area contributed by atoms with Crippen molar-refractivity contribution >= 4 is 17.5 Å². The molecule has 0 fully saturated rings. The number of aromatic nitrogens is 2. The fourth-order valence-electron chi connectivity index (χ4n) is 2.22. The molecule has 1 aliphatic rings. The highest BCUT2D eigenvalue weighted by Crippen LogP contribution is 2.27. The lowest BCUT2D eigenvalue weighted by Crippen LogP contribution is -2.32. The van der Waals surface area contributed by atoms with E-state index in [1.54, 1.807) is 25.1 Å². The van der Waals surface area contributed by atoms with Crippen molar-refractivity contribution in [3.05, 3.63) is 41.0 Å². The Labute approximate surface area is 114 Å². The maximum absolute atomic E-state index is 12.2. The van der Waals surface area contributed by atoms with Gasteiger partial charge in [0, 0.05) is 25.6 Å². The third-order valence-corrected chi connectivity index (χ3v) is 3.16. The highest BCUT2D eigenvalue weighted by atomic mass is 16.5. The summed E-state index contributed by atoms with van der Waals surface area (Å²) in [6.07, 6.45) is 0.350. The zero-order valence-corrected chi connectivity index (χ0v) is 10.8. The Morgan fingerprint density at radius 2 is 2.10 bits per heavy atom. The van der Waals surface area contributed by atoms with E-state index in [9.17, 15) is 9.59 Å². The normalized spacial score (nSPS) is 13.9. The average molecular weight is 272 g/mol. The van der Waals surface area contributed by atoms with E-state index in [0.29, 0.717) is 29.4 Å². The summed E-state index contributed by atoms with van der Waals surface area (Å²) in [6.45, 7) is 1.88. The van der Waals surface area contributed by atoms with Crippen molar-refractivity contribution in [2.75, 3.05) is 12.3 Å². The summed E-state index contributed by atoms with van der Waals surface area (Å²) in [5, 5.41) is 3.73. The quantitative estimate of drug-likeness (QED) is 0.655. The minimum absolute atomic E-state index is 0.199. The van der Waals surface area contributed by atoms with Gasteiger partial charge in [0.1, 0.15) is 0 Å². The van der Waals surface area contributed by atoms with Crippen LogP contribution in [0.25, 0.3) is 0 Å². The van der Waals surface area contributed by atoms with Crippen LogP contribution in [-0.4, -0.2) is 33.4 Å². The van der Waals surface area contributed by atoms with Crippen LogP contribution < -0.4 is 5.73 Å². The van der Waals surface area contributed by atoms with E-state index < -0.39 is 0 Å². The number of anilines is 1. The topological polar surface area (TPSA) is 102 Å². The van der Waals surface area contributed by atoms with Crippen molar-refractivity contribution in [3.8, 4) is 0 Å². The minimum atomic E-state index is -0.372. The number of aryl methyl sites for hydroxylation is 1. The lowest BCUT2D eigenvalue weighted by Gasteiger charge is -2.11. The van der Waals surface area contributed by atoms with Crippen LogP contribution in [0.2, 0.25) is 0 Å². The van der Waals surface area contributed by atoms with E-state index in [-0.39, 0.29) is 23.9 Å². The number of carbonyl (C=O) groups is 2. The Morgan fingerprint density at radius 3 is 2.75 bits per heavy atom. The summed E-state index contributed by atoms with van der Waals surface area (Å²) in [5.74, 6) is 0.208. The van der Waals surface area contributed by atoms with Gasteiger partial charge in [-0.2, -0.15) is 4.98 Å². The number of nitrogens with zero attached hydrogens (tertiary/aromatic N) is 3. The molecule has 1 aromatic heterocycles. The molecule has 2 amide bonds. The van der Waals surface area contributed by atoms with E-state index in [1.165, 1.54) is 0 Å². The number of benzene rings is 1. The Bertz CT molecular complexity index is 707. The fraction of sp³-hybridized carbons (Fsp3) is 0.231. The first-order valence-electron chi connectivity index (χ1n) is 6.12. The van der Waals surface area contributed by atoms with Crippen LogP contribution in [0.5, 0.6) is 0 Å². The van der Waals surface area contributed by atoms with Gasteiger partial charge in [0.15, 0.2) is 5.82 Å². The molecule has 0 aliphatic carbocycles. The van der Waals surface area contributed by atoms with Gasteiger partial charge >= 0.3 is 0 Å². The largest absolute Gasteiger partial charge is 0.398 e. The van der Waals surface area contributed by atoms with Crippen LogP contribution in [0.1, 0.15) is 32.4 Å². The lowest BCUT2D eigenvalue weighted by atomic mass is 10.1. The zero-order valence-electron chi connectivity index (χ0n) is 10.8. The predicted molar refractivity (Wildman–Crippen MR) is 69.0 cm³/mol. The van der Waals surface area contributed by atoms with Crippen molar-refractivity contribution in [2.24, 2.45) is 0 Å². The first-order valence-corrected chi connectivity index (χ1v) is 6.12. The van der Waals surface area contributed by atoms with Gasteiger partial charge in [0.25, 0.3) is 11.8 Å². The van der Waals surface area contributed by atoms with E-state index >= 15 is 0 Å². The SMILES string of the molecule is Cc1nc(CCN2C(=O)c3cccc(N)c3C2=O)no1. The van der Waals surface area contributed by atoms with Crippen molar-refractivity contribution in [1.82, 2.24) is 15.0 Å². The third kappa shape index (κ3) is 1.83. The molecule has 7 heteroatoms.